The largest absolute Gasteiger partial charge is 0.444 e. The predicted molar refractivity (Wildman–Crippen MR) is 109 cm³/mol. The molecule has 0 bridgehead atoms. The Kier molecular flexibility index (Phi) is 6.02. The molecule has 1 aliphatic rings. The number of hydrogen-bond donors (Lipinski definition) is 2. The van der Waals surface area contributed by atoms with Crippen LogP contribution < -0.4 is 10.6 Å². The molecule has 1 atom stereocenters. The highest BCUT2D eigenvalue weighted by Gasteiger charge is 2.22. The molecule has 2 amide bonds. The van der Waals surface area contributed by atoms with E-state index in [1.807, 2.05) is 45.0 Å². The molecule has 2 N–H and O–H groups in total. The third-order valence-corrected chi connectivity index (χ3v) is 4.73. The van der Waals surface area contributed by atoms with E-state index in [1.54, 1.807) is 12.1 Å². The zero-order valence-corrected chi connectivity index (χ0v) is 16.7. The number of rotatable bonds is 4. The van der Waals surface area contributed by atoms with Crippen molar-refractivity contribution >= 4 is 12.0 Å². The van der Waals surface area contributed by atoms with Crippen LogP contribution in [0.5, 0.6) is 0 Å². The van der Waals surface area contributed by atoms with Gasteiger partial charge in [-0.2, -0.15) is 0 Å². The van der Waals surface area contributed by atoms with E-state index in [2.05, 4.69) is 22.8 Å². The second-order valence-electron chi connectivity index (χ2n) is 8.17. The van der Waals surface area contributed by atoms with Gasteiger partial charge in [-0.25, -0.2) is 4.79 Å². The number of carbonyl (C=O) groups is 2. The molecule has 5 nitrogen and oxygen atoms in total. The lowest BCUT2D eigenvalue weighted by molar-refractivity contribution is 0.0523. The molecule has 0 spiro atoms. The van der Waals surface area contributed by atoms with Crippen molar-refractivity contribution in [3.05, 3.63) is 70.8 Å². The fraction of sp³-hybridized carbons (Fsp3) is 0.391. The summed E-state index contributed by atoms with van der Waals surface area (Å²) in [5.41, 5.74) is 3.54. The minimum atomic E-state index is -0.524. The minimum Gasteiger partial charge on any atom is -0.444 e. The Morgan fingerprint density at radius 1 is 1.07 bits per heavy atom. The molecule has 0 aromatic heterocycles. The van der Waals surface area contributed by atoms with Gasteiger partial charge < -0.3 is 15.4 Å². The smallest absolute Gasteiger partial charge is 0.407 e. The highest BCUT2D eigenvalue weighted by atomic mass is 16.6. The van der Waals surface area contributed by atoms with Crippen LogP contribution in [-0.4, -0.2) is 17.6 Å². The third-order valence-electron chi connectivity index (χ3n) is 4.73. The molecule has 0 saturated heterocycles. The molecule has 2 aromatic rings. The third kappa shape index (κ3) is 5.35. The maximum absolute atomic E-state index is 12.7. The van der Waals surface area contributed by atoms with E-state index >= 15 is 0 Å². The number of alkyl carbamates (subject to hydrolysis) is 1. The van der Waals surface area contributed by atoms with Crippen LogP contribution in [0.3, 0.4) is 0 Å². The fourth-order valence-corrected chi connectivity index (χ4v) is 3.41. The number of nitrogens with one attached hydrogen (secondary N) is 2. The van der Waals surface area contributed by atoms with Crippen molar-refractivity contribution in [2.24, 2.45) is 0 Å². The van der Waals surface area contributed by atoms with Crippen molar-refractivity contribution in [2.75, 3.05) is 0 Å². The zero-order chi connectivity index (χ0) is 20.1. The second kappa shape index (κ2) is 8.46. The SMILES string of the molecule is CC(C)(C)OC(=O)NCc1ccc(C(=O)N[C@H]2CCCc3ccccc32)cc1. The molecule has 2 aromatic carbocycles. The van der Waals surface area contributed by atoms with Crippen molar-refractivity contribution in [1.29, 1.82) is 0 Å². The number of hydrogen-bond acceptors (Lipinski definition) is 3. The van der Waals surface area contributed by atoms with E-state index in [0.717, 1.165) is 24.8 Å². The molecule has 0 unspecified atom stereocenters. The maximum Gasteiger partial charge on any atom is 0.407 e. The van der Waals surface area contributed by atoms with Gasteiger partial charge in [0, 0.05) is 12.1 Å². The van der Waals surface area contributed by atoms with Gasteiger partial charge >= 0.3 is 6.09 Å². The van der Waals surface area contributed by atoms with E-state index in [-0.39, 0.29) is 11.9 Å². The molecule has 1 aliphatic carbocycles. The highest BCUT2D eigenvalue weighted by molar-refractivity contribution is 5.94. The van der Waals surface area contributed by atoms with Crippen molar-refractivity contribution in [2.45, 2.75) is 58.2 Å². The summed E-state index contributed by atoms with van der Waals surface area (Å²) in [6.45, 7) is 5.83. The summed E-state index contributed by atoms with van der Waals surface area (Å²) in [4.78, 5) is 24.4. The van der Waals surface area contributed by atoms with Crippen molar-refractivity contribution in [3.63, 3.8) is 0 Å². The molecular weight excluding hydrogens is 352 g/mol. The van der Waals surface area contributed by atoms with Crippen LogP contribution in [0.25, 0.3) is 0 Å². The Labute approximate surface area is 166 Å². The number of benzene rings is 2. The topological polar surface area (TPSA) is 67.4 Å². The predicted octanol–water partition coefficient (Wildman–Crippen LogP) is 4.52. The van der Waals surface area contributed by atoms with Gasteiger partial charge in [-0.15, -0.1) is 0 Å². The van der Waals surface area contributed by atoms with Crippen molar-refractivity contribution < 1.29 is 14.3 Å². The average Bonchev–Trinajstić information content (AvgIpc) is 2.66. The first-order chi connectivity index (χ1) is 13.3. The molecule has 3 rings (SSSR count). The lowest BCUT2D eigenvalue weighted by Gasteiger charge is -2.26. The summed E-state index contributed by atoms with van der Waals surface area (Å²) in [6, 6.07) is 15.6. The molecule has 148 valence electrons. The van der Waals surface area contributed by atoms with Gasteiger partial charge in [0.2, 0.25) is 0 Å². The van der Waals surface area contributed by atoms with Gasteiger partial charge in [0.05, 0.1) is 6.04 Å². The van der Waals surface area contributed by atoms with Gasteiger partial charge in [0.25, 0.3) is 5.91 Å². The van der Waals surface area contributed by atoms with Crippen LogP contribution in [0.15, 0.2) is 48.5 Å². The highest BCUT2D eigenvalue weighted by Crippen LogP contribution is 2.29. The lowest BCUT2D eigenvalue weighted by Crippen LogP contribution is -2.32. The van der Waals surface area contributed by atoms with Crippen LogP contribution in [-0.2, 0) is 17.7 Å². The average molecular weight is 380 g/mol. The Bertz CT molecular complexity index is 838. The number of fused-ring (bicyclic) bond motifs is 1. The van der Waals surface area contributed by atoms with Crippen LogP contribution in [0.2, 0.25) is 0 Å². The summed E-state index contributed by atoms with van der Waals surface area (Å²) in [7, 11) is 0. The lowest BCUT2D eigenvalue weighted by atomic mass is 9.87. The second-order valence-corrected chi connectivity index (χ2v) is 8.17. The van der Waals surface area contributed by atoms with Crippen molar-refractivity contribution in [3.8, 4) is 0 Å². The monoisotopic (exact) mass is 380 g/mol. The van der Waals surface area contributed by atoms with E-state index < -0.39 is 11.7 Å². The first-order valence-corrected chi connectivity index (χ1v) is 9.76. The Hall–Kier alpha value is -2.82. The molecule has 28 heavy (non-hydrogen) atoms. The number of amides is 2. The first-order valence-electron chi connectivity index (χ1n) is 9.76. The van der Waals surface area contributed by atoms with Gasteiger partial charge in [-0.3, -0.25) is 4.79 Å². The van der Waals surface area contributed by atoms with E-state index in [0.29, 0.717) is 12.1 Å². The molecule has 0 radical (unpaired) electrons. The Balaban J connectivity index is 1.57. The van der Waals surface area contributed by atoms with Gasteiger partial charge in [0.15, 0.2) is 0 Å². The minimum absolute atomic E-state index is 0.0611. The fourth-order valence-electron chi connectivity index (χ4n) is 3.41. The number of aryl methyl sites for hydroxylation is 1. The van der Waals surface area contributed by atoms with Crippen LogP contribution in [0.1, 0.15) is 66.7 Å². The molecule has 0 aliphatic heterocycles. The Morgan fingerprint density at radius 2 is 1.79 bits per heavy atom. The van der Waals surface area contributed by atoms with E-state index in [9.17, 15) is 9.59 Å². The molecule has 5 heteroatoms. The van der Waals surface area contributed by atoms with E-state index in [1.165, 1.54) is 11.1 Å². The Morgan fingerprint density at radius 3 is 2.50 bits per heavy atom. The summed E-state index contributed by atoms with van der Waals surface area (Å²) >= 11 is 0. The van der Waals surface area contributed by atoms with Crippen LogP contribution in [0.4, 0.5) is 4.79 Å². The molecule has 0 fully saturated rings. The molecular formula is C23H28N2O3. The molecule has 0 saturated carbocycles. The summed E-state index contributed by atoms with van der Waals surface area (Å²) in [5, 5.41) is 5.88. The number of ether oxygens (including phenoxy) is 1. The van der Waals surface area contributed by atoms with Crippen LogP contribution in [0, 0.1) is 0 Å². The van der Waals surface area contributed by atoms with Crippen molar-refractivity contribution in [1.82, 2.24) is 10.6 Å². The summed E-state index contributed by atoms with van der Waals surface area (Å²) < 4.78 is 5.22. The summed E-state index contributed by atoms with van der Waals surface area (Å²) in [6.07, 6.45) is 2.66. The normalized spacial score (nSPS) is 16.0. The van der Waals surface area contributed by atoms with Gasteiger partial charge in [-0.05, 0) is 68.9 Å². The maximum atomic E-state index is 12.7. The zero-order valence-electron chi connectivity index (χ0n) is 16.7. The summed E-state index contributed by atoms with van der Waals surface area (Å²) in [5.74, 6) is -0.0756. The quantitative estimate of drug-likeness (QED) is 0.819. The van der Waals surface area contributed by atoms with E-state index in [4.69, 9.17) is 4.74 Å². The van der Waals surface area contributed by atoms with Crippen LogP contribution >= 0.6 is 0 Å². The standard InChI is InChI=1S/C23H28N2O3/c1-23(2,3)28-22(27)24-15-16-11-13-18(14-12-16)21(26)25-20-10-6-8-17-7-4-5-9-19(17)20/h4-5,7,9,11-14,20H,6,8,10,15H2,1-3H3,(H,24,27)(H,25,26)/t20-/m0/s1. The first kappa shape index (κ1) is 19.9. The van der Waals surface area contributed by atoms with Gasteiger partial charge in [0.1, 0.15) is 5.60 Å². The van der Waals surface area contributed by atoms with Gasteiger partial charge in [-0.1, -0.05) is 36.4 Å². The molecule has 0 heterocycles. The number of carbonyl (C=O) groups excluding carboxylic acids is 2.